The molecule has 0 radical (unpaired) electrons. The molecule has 1 aromatic carbocycles. The van der Waals surface area contributed by atoms with Crippen molar-refractivity contribution >= 4 is 17.4 Å². The van der Waals surface area contributed by atoms with Crippen molar-refractivity contribution in [3.8, 4) is 5.75 Å². The molecular weight excluding hydrogens is 342 g/mol. The Bertz CT molecular complexity index is 884. The molecule has 0 fully saturated rings. The highest BCUT2D eigenvalue weighted by Gasteiger charge is 2.14. The number of hydrogen-bond acceptors (Lipinski definition) is 6. The number of carbonyl (C=O) groups is 1. The summed E-state index contributed by atoms with van der Waals surface area (Å²) in [5.41, 5.74) is 2.22. The molecule has 2 aromatic heterocycles. The molecule has 7 heteroatoms. The van der Waals surface area contributed by atoms with E-state index in [1.807, 2.05) is 36.4 Å². The topological polar surface area (TPSA) is 80.2 Å². The number of nitrogens with one attached hydrogen (secondary N) is 1. The molecule has 27 heavy (non-hydrogen) atoms. The van der Waals surface area contributed by atoms with Crippen LogP contribution >= 0.6 is 0 Å². The van der Waals surface area contributed by atoms with E-state index < -0.39 is 0 Å². The van der Waals surface area contributed by atoms with Gasteiger partial charge in [-0.3, -0.25) is 9.78 Å². The lowest BCUT2D eigenvalue weighted by Gasteiger charge is -2.16. The zero-order chi connectivity index (χ0) is 19.1. The van der Waals surface area contributed by atoms with Crippen LogP contribution in [-0.2, 0) is 6.42 Å². The maximum Gasteiger partial charge on any atom is 0.273 e. The Balaban J connectivity index is 1.61. The van der Waals surface area contributed by atoms with Gasteiger partial charge in [-0.25, -0.2) is 9.97 Å². The monoisotopic (exact) mass is 363 g/mol. The van der Waals surface area contributed by atoms with Gasteiger partial charge < -0.3 is 15.0 Å². The van der Waals surface area contributed by atoms with E-state index in [4.69, 9.17) is 4.74 Å². The van der Waals surface area contributed by atoms with E-state index in [1.165, 1.54) is 12.4 Å². The van der Waals surface area contributed by atoms with Gasteiger partial charge in [0.15, 0.2) is 0 Å². The fourth-order valence-corrected chi connectivity index (χ4v) is 2.53. The molecule has 7 nitrogen and oxygen atoms in total. The summed E-state index contributed by atoms with van der Waals surface area (Å²) in [6.45, 7) is 0.589. The third-order valence-electron chi connectivity index (χ3n) is 4.07. The van der Waals surface area contributed by atoms with Gasteiger partial charge in [0, 0.05) is 26.0 Å². The van der Waals surface area contributed by atoms with Crippen molar-refractivity contribution in [2.24, 2.45) is 0 Å². The number of hydrogen-bond donors (Lipinski definition) is 1. The van der Waals surface area contributed by atoms with Crippen LogP contribution in [0, 0.1) is 0 Å². The number of methoxy groups -OCH3 is 1. The summed E-state index contributed by atoms with van der Waals surface area (Å²) < 4.78 is 5.30. The fraction of sp³-hybridized carbons (Fsp3) is 0.200. The predicted octanol–water partition coefficient (Wildman–Crippen LogP) is 2.94. The normalized spacial score (nSPS) is 10.3. The average molecular weight is 363 g/mol. The smallest absolute Gasteiger partial charge is 0.273 e. The predicted molar refractivity (Wildman–Crippen MR) is 103 cm³/mol. The molecule has 1 amide bonds. The van der Waals surface area contributed by atoms with Crippen LogP contribution in [0.3, 0.4) is 0 Å². The Morgan fingerprint density at radius 2 is 1.89 bits per heavy atom. The van der Waals surface area contributed by atoms with E-state index in [-0.39, 0.29) is 5.91 Å². The number of benzene rings is 1. The zero-order valence-corrected chi connectivity index (χ0v) is 15.3. The van der Waals surface area contributed by atoms with Crippen LogP contribution in [0.5, 0.6) is 5.75 Å². The first-order chi connectivity index (χ1) is 13.2. The van der Waals surface area contributed by atoms with Crippen LogP contribution in [0.1, 0.15) is 16.1 Å². The number of nitrogens with zero attached hydrogens (tertiary/aromatic N) is 4. The number of anilines is 2. The molecule has 3 aromatic rings. The van der Waals surface area contributed by atoms with Crippen LogP contribution in [0.15, 0.2) is 61.2 Å². The van der Waals surface area contributed by atoms with Crippen LogP contribution in [0.4, 0.5) is 11.5 Å². The zero-order valence-electron chi connectivity index (χ0n) is 15.3. The lowest BCUT2D eigenvalue weighted by Crippen LogP contribution is -2.29. The first-order valence-electron chi connectivity index (χ1n) is 8.54. The summed E-state index contributed by atoms with van der Waals surface area (Å²) in [5.74, 6) is 1.08. The lowest BCUT2D eigenvalue weighted by atomic mass is 10.2. The van der Waals surface area contributed by atoms with Crippen molar-refractivity contribution in [3.05, 3.63) is 72.4 Å². The summed E-state index contributed by atoms with van der Waals surface area (Å²) in [4.78, 5) is 26.7. The Kier molecular flexibility index (Phi) is 5.94. The first kappa shape index (κ1) is 18.3. The SMILES string of the molecule is COc1ccccc1Nc1cnc(C(=O)N(C)CCc2ccncc2)cn1. The largest absolute Gasteiger partial charge is 0.495 e. The molecule has 1 N–H and O–H groups in total. The minimum absolute atomic E-state index is 0.166. The molecular formula is C20H21N5O2. The number of likely N-dealkylation sites (N-methyl/N-ethyl adjacent to an activating group) is 1. The van der Waals surface area contributed by atoms with Gasteiger partial charge in [-0.05, 0) is 36.2 Å². The van der Waals surface area contributed by atoms with Crippen LogP contribution < -0.4 is 10.1 Å². The van der Waals surface area contributed by atoms with Crippen LogP contribution in [0.2, 0.25) is 0 Å². The summed E-state index contributed by atoms with van der Waals surface area (Å²) in [6, 6.07) is 11.4. The number of ether oxygens (including phenoxy) is 1. The molecule has 0 aliphatic carbocycles. The van der Waals surface area contributed by atoms with Gasteiger partial charge in [-0.1, -0.05) is 12.1 Å². The minimum Gasteiger partial charge on any atom is -0.495 e. The molecule has 0 bridgehead atoms. The van der Waals surface area contributed by atoms with Crippen LogP contribution in [0.25, 0.3) is 0 Å². The van der Waals surface area contributed by atoms with E-state index >= 15 is 0 Å². The Labute approximate surface area is 158 Å². The second-order valence-electron chi connectivity index (χ2n) is 5.94. The summed E-state index contributed by atoms with van der Waals surface area (Å²) >= 11 is 0. The number of aromatic nitrogens is 3. The quantitative estimate of drug-likeness (QED) is 0.695. The summed E-state index contributed by atoms with van der Waals surface area (Å²) in [5, 5.41) is 3.14. The highest BCUT2D eigenvalue weighted by atomic mass is 16.5. The van der Waals surface area contributed by atoms with Crippen molar-refractivity contribution in [3.63, 3.8) is 0 Å². The molecule has 0 aliphatic rings. The molecule has 3 rings (SSSR count). The third-order valence-corrected chi connectivity index (χ3v) is 4.07. The number of pyridine rings is 1. The molecule has 0 aliphatic heterocycles. The summed E-state index contributed by atoms with van der Waals surface area (Å²) in [6.07, 6.45) is 7.26. The lowest BCUT2D eigenvalue weighted by molar-refractivity contribution is 0.0790. The van der Waals surface area contributed by atoms with E-state index in [1.54, 1.807) is 31.5 Å². The Hall–Kier alpha value is -3.48. The van der Waals surface area contributed by atoms with Crippen molar-refractivity contribution in [1.82, 2.24) is 19.9 Å². The molecule has 0 saturated heterocycles. The van der Waals surface area contributed by atoms with E-state index in [9.17, 15) is 4.79 Å². The van der Waals surface area contributed by atoms with Crippen molar-refractivity contribution in [2.75, 3.05) is 26.0 Å². The number of para-hydroxylation sites is 2. The van der Waals surface area contributed by atoms with Gasteiger partial charge in [0.1, 0.15) is 17.3 Å². The molecule has 2 heterocycles. The molecule has 0 spiro atoms. The van der Waals surface area contributed by atoms with Crippen molar-refractivity contribution in [1.29, 1.82) is 0 Å². The second-order valence-corrected chi connectivity index (χ2v) is 5.94. The van der Waals surface area contributed by atoms with Gasteiger partial charge in [-0.15, -0.1) is 0 Å². The van der Waals surface area contributed by atoms with Gasteiger partial charge in [0.2, 0.25) is 0 Å². The maximum atomic E-state index is 12.5. The van der Waals surface area contributed by atoms with E-state index in [0.29, 0.717) is 23.8 Å². The standard InChI is InChI=1S/C20H21N5O2/c1-25(12-9-15-7-10-21-11-8-15)20(26)17-13-23-19(14-22-17)24-16-5-3-4-6-18(16)27-2/h3-8,10-11,13-14H,9,12H2,1-2H3,(H,23,24). The number of carbonyl (C=O) groups excluding carboxylic acids is 1. The fourth-order valence-electron chi connectivity index (χ4n) is 2.53. The van der Waals surface area contributed by atoms with Gasteiger partial charge in [0.05, 0.1) is 25.2 Å². The highest BCUT2D eigenvalue weighted by Crippen LogP contribution is 2.25. The first-order valence-corrected chi connectivity index (χ1v) is 8.54. The van der Waals surface area contributed by atoms with Gasteiger partial charge in [0.25, 0.3) is 5.91 Å². The molecule has 0 saturated carbocycles. The van der Waals surface area contributed by atoms with Gasteiger partial charge in [-0.2, -0.15) is 0 Å². The average Bonchev–Trinajstić information content (AvgIpc) is 2.73. The number of amides is 1. The highest BCUT2D eigenvalue weighted by molar-refractivity contribution is 5.91. The van der Waals surface area contributed by atoms with Gasteiger partial charge >= 0.3 is 0 Å². The third kappa shape index (κ3) is 4.78. The minimum atomic E-state index is -0.166. The van der Waals surface area contributed by atoms with E-state index in [2.05, 4.69) is 20.3 Å². The molecule has 0 atom stereocenters. The summed E-state index contributed by atoms with van der Waals surface area (Å²) in [7, 11) is 3.36. The Morgan fingerprint density at radius 1 is 1.11 bits per heavy atom. The molecule has 138 valence electrons. The van der Waals surface area contributed by atoms with Crippen molar-refractivity contribution in [2.45, 2.75) is 6.42 Å². The van der Waals surface area contributed by atoms with Crippen LogP contribution in [-0.4, -0.2) is 46.5 Å². The second kappa shape index (κ2) is 8.75. The Morgan fingerprint density at radius 3 is 2.59 bits per heavy atom. The molecule has 0 unspecified atom stereocenters. The number of rotatable bonds is 7. The maximum absolute atomic E-state index is 12.5. The van der Waals surface area contributed by atoms with Crippen molar-refractivity contribution < 1.29 is 9.53 Å². The van der Waals surface area contributed by atoms with E-state index in [0.717, 1.165) is 17.7 Å².